The highest BCUT2D eigenvalue weighted by atomic mass is 32.2. The van der Waals surface area contributed by atoms with Gasteiger partial charge >= 0.3 is 11.9 Å². The Morgan fingerprint density at radius 1 is 0.865 bits per heavy atom. The van der Waals surface area contributed by atoms with E-state index in [0.717, 1.165) is 22.3 Å². The normalized spacial score (nSPS) is 12.2. The van der Waals surface area contributed by atoms with E-state index in [2.05, 4.69) is 0 Å². The summed E-state index contributed by atoms with van der Waals surface area (Å²) in [7, 11) is -3.11. The number of aliphatic carboxylic acids is 1. The molecule has 9 heteroatoms. The summed E-state index contributed by atoms with van der Waals surface area (Å²) in [6.45, 7) is 0.0888. The van der Waals surface area contributed by atoms with E-state index in [-0.39, 0.29) is 24.6 Å². The third kappa shape index (κ3) is 10.4. The summed E-state index contributed by atoms with van der Waals surface area (Å²) in [5.74, 6) is -1.01. The molecule has 0 saturated carbocycles. The van der Waals surface area contributed by atoms with Crippen molar-refractivity contribution in [2.45, 2.75) is 36.9 Å². The number of halogens is 1. The molecule has 6 nitrogen and oxygen atoms in total. The Hall–Kier alpha value is -3.17. The van der Waals surface area contributed by atoms with Gasteiger partial charge in [0, 0.05) is 6.26 Å². The van der Waals surface area contributed by atoms with Crippen molar-refractivity contribution in [3.63, 3.8) is 0 Å². The minimum atomic E-state index is -3.11. The molecule has 0 aliphatic heterocycles. The molecule has 0 fully saturated rings. The average molecular weight is 545 g/mol. The average Bonchev–Trinajstić information content (AvgIpc) is 2.84. The Labute approximate surface area is 220 Å². The Kier molecular flexibility index (Phi) is 10.3. The van der Waals surface area contributed by atoms with Crippen LogP contribution in [0.15, 0.2) is 72.8 Å². The second-order valence-electron chi connectivity index (χ2n) is 8.82. The molecule has 0 heterocycles. The molecule has 37 heavy (non-hydrogen) atoms. The van der Waals surface area contributed by atoms with Gasteiger partial charge in [-0.3, -0.25) is 9.59 Å². The summed E-state index contributed by atoms with van der Waals surface area (Å²) in [5, 5.41) is 8.99. The lowest BCUT2D eigenvalue weighted by atomic mass is 10.1. The first kappa shape index (κ1) is 28.4. The van der Waals surface area contributed by atoms with Gasteiger partial charge in [-0.1, -0.05) is 60.7 Å². The minimum Gasteiger partial charge on any atom is -0.480 e. The predicted octanol–water partition coefficient (Wildman–Crippen LogP) is 4.63. The van der Waals surface area contributed by atoms with Crippen LogP contribution in [0.1, 0.15) is 27.8 Å². The maximum Gasteiger partial charge on any atom is 0.316 e. The molecule has 0 aliphatic carbocycles. The highest BCUT2D eigenvalue weighted by molar-refractivity contribution is 8.00. The highest BCUT2D eigenvalue weighted by Crippen LogP contribution is 2.20. The Morgan fingerprint density at radius 3 is 2.00 bits per heavy atom. The number of rotatable bonds is 13. The van der Waals surface area contributed by atoms with Gasteiger partial charge in [0.05, 0.1) is 12.2 Å². The van der Waals surface area contributed by atoms with E-state index >= 15 is 0 Å². The lowest BCUT2D eigenvalue weighted by molar-refractivity contribution is -0.144. The summed E-state index contributed by atoms with van der Waals surface area (Å²) in [6, 6.07) is 20.3. The number of hydrogen-bond acceptors (Lipinski definition) is 6. The molecular weight excluding hydrogens is 515 g/mol. The number of benzene rings is 3. The van der Waals surface area contributed by atoms with E-state index in [1.165, 1.54) is 30.2 Å². The molecular formula is C28H29FO6S2. The SMILES string of the molecule is CS(=O)(=O)Cc1ccc(COC(=O)Cc2ccc(CC(SCCc3ccc(F)cc3)C(=O)O)cc2)cc1. The van der Waals surface area contributed by atoms with E-state index in [9.17, 15) is 27.5 Å². The van der Waals surface area contributed by atoms with Crippen LogP contribution in [0.5, 0.6) is 0 Å². The van der Waals surface area contributed by atoms with Crippen molar-refractivity contribution in [2.75, 3.05) is 12.0 Å². The van der Waals surface area contributed by atoms with E-state index in [1.54, 1.807) is 48.5 Å². The number of hydrogen-bond donors (Lipinski definition) is 1. The lowest BCUT2D eigenvalue weighted by Gasteiger charge is -2.13. The van der Waals surface area contributed by atoms with Crippen molar-refractivity contribution in [1.82, 2.24) is 0 Å². The van der Waals surface area contributed by atoms with Crippen molar-refractivity contribution in [3.8, 4) is 0 Å². The zero-order valence-electron chi connectivity index (χ0n) is 20.4. The summed E-state index contributed by atoms with van der Waals surface area (Å²) >= 11 is 1.35. The van der Waals surface area contributed by atoms with Crippen LogP contribution < -0.4 is 0 Å². The molecule has 0 spiro atoms. The minimum absolute atomic E-state index is 0.0367. The summed E-state index contributed by atoms with van der Waals surface area (Å²) in [5.41, 5.74) is 4.01. The van der Waals surface area contributed by atoms with Gasteiger partial charge in [0.1, 0.15) is 17.7 Å². The zero-order chi connectivity index (χ0) is 26.8. The van der Waals surface area contributed by atoms with Crippen molar-refractivity contribution >= 4 is 33.5 Å². The van der Waals surface area contributed by atoms with Gasteiger partial charge in [0.25, 0.3) is 0 Å². The van der Waals surface area contributed by atoms with E-state index in [1.807, 2.05) is 12.1 Å². The molecule has 1 atom stereocenters. The van der Waals surface area contributed by atoms with Gasteiger partial charge in [-0.25, -0.2) is 12.8 Å². The summed E-state index contributed by atoms with van der Waals surface area (Å²) in [6.07, 6.45) is 2.27. The molecule has 0 aliphatic rings. The smallest absolute Gasteiger partial charge is 0.316 e. The van der Waals surface area contributed by atoms with Crippen LogP contribution in [0.4, 0.5) is 4.39 Å². The van der Waals surface area contributed by atoms with Gasteiger partial charge in [0.2, 0.25) is 0 Å². The number of carbonyl (C=O) groups is 2. The number of esters is 1. The number of thioether (sulfide) groups is 1. The zero-order valence-corrected chi connectivity index (χ0v) is 22.1. The van der Waals surface area contributed by atoms with Crippen LogP contribution in [-0.4, -0.2) is 42.7 Å². The van der Waals surface area contributed by atoms with Crippen LogP contribution in [0.2, 0.25) is 0 Å². The predicted molar refractivity (Wildman–Crippen MR) is 143 cm³/mol. The quantitative estimate of drug-likeness (QED) is 0.314. The van der Waals surface area contributed by atoms with Crippen molar-refractivity contribution in [3.05, 3.63) is 106 Å². The van der Waals surface area contributed by atoms with E-state index < -0.39 is 27.0 Å². The molecule has 1 N–H and O–H groups in total. The van der Waals surface area contributed by atoms with Gasteiger partial charge < -0.3 is 9.84 Å². The summed E-state index contributed by atoms with van der Waals surface area (Å²) in [4.78, 5) is 24.0. The third-order valence-electron chi connectivity index (χ3n) is 5.54. The Balaban J connectivity index is 1.44. The topological polar surface area (TPSA) is 97.7 Å². The number of sulfone groups is 1. The lowest BCUT2D eigenvalue weighted by Crippen LogP contribution is -2.20. The third-order valence-corrected chi connectivity index (χ3v) is 7.61. The number of carboxylic acids is 1. The monoisotopic (exact) mass is 544 g/mol. The van der Waals surface area contributed by atoms with Crippen molar-refractivity contribution < 1.29 is 32.2 Å². The molecule has 0 saturated heterocycles. The van der Waals surface area contributed by atoms with Gasteiger partial charge in [0.15, 0.2) is 9.84 Å². The Morgan fingerprint density at radius 2 is 1.41 bits per heavy atom. The number of aryl methyl sites for hydroxylation is 1. The molecule has 0 radical (unpaired) electrons. The van der Waals surface area contributed by atoms with Crippen LogP contribution in [-0.2, 0) is 55.8 Å². The molecule has 0 aromatic heterocycles. The largest absolute Gasteiger partial charge is 0.480 e. The molecule has 0 bridgehead atoms. The number of carbonyl (C=O) groups excluding carboxylic acids is 1. The van der Waals surface area contributed by atoms with E-state index in [4.69, 9.17) is 4.74 Å². The van der Waals surface area contributed by atoms with Crippen LogP contribution in [0, 0.1) is 5.82 Å². The number of carboxylic acid groups (broad SMARTS) is 1. The van der Waals surface area contributed by atoms with Gasteiger partial charge in [-0.05, 0) is 58.5 Å². The van der Waals surface area contributed by atoms with Crippen molar-refractivity contribution in [2.24, 2.45) is 0 Å². The number of ether oxygens (including phenoxy) is 1. The maximum atomic E-state index is 13.0. The highest BCUT2D eigenvalue weighted by Gasteiger charge is 2.18. The first-order chi connectivity index (χ1) is 17.6. The fraction of sp³-hybridized carbons (Fsp3) is 0.286. The van der Waals surface area contributed by atoms with Gasteiger partial charge in [-0.2, -0.15) is 0 Å². The first-order valence-corrected chi connectivity index (χ1v) is 14.8. The standard InChI is InChI=1S/C28H29FO6S2/c1-37(33,34)19-24-8-6-23(7-9-24)18-35-27(30)17-22-4-2-21(3-5-22)16-26(28(31)32)36-15-14-20-10-12-25(29)13-11-20/h2-13,26H,14-19H2,1H3,(H,31,32). The summed E-state index contributed by atoms with van der Waals surface area (Å²) < 4.78 is 41.1. The fourth-order valence-electron chi connectivity index (χ4n) is 3.61. The second-order valence-corrected chi connectivity index (χ2v) is 12.3. The molecule has 1 unspecified atom stereocenters. The van der Waals surface area contributed by atoms with E-state index in [0.29, 0.717) is 24.2 Å². The molecule has 3 aromatic rings. The Bertz CT molecular complexity index is 1290. The van der Waals surface area contributed by atoms with Gasteiger partial charge in [-0.15, -0.1) is 11.8 Å². The van der Waals surface area contributed by atoms with Crippen molar-refractivity contribution in [1.29, 1.82) is 0 Å². The van der Waals surface area contributed by atoms with Crippen LogP contribution >= 0.6 is 11.8 Å². The second kappa shape index (κ2) is 13.4. The van der Waals surface area contributed by atoms with Crippen LogP contribution in [0.25, 0.3) is 0 Å². The molecule has 196 valence electrons. The molecule has 0 amide bonds. The molecule has 3 rings (SSSR count). The van der Waals surface area contributed by atoms with Crippen LogP contribution in [0.3, 0.4) is 0 Å². The molecule has 3 aromatic carbocycles. The fourth-order valence-corrected chi connectivity index (χ4v) is 5.50. The first-order valence-electron chi connectivity index (χ1n) is 11.7. The maximum absolute atomic E-state index is 13.0.